The van der Waals surface area contributed by atoms with Gasteiger partial charge in [0.2, 0.25) is 5.89 Å². The van der Waals surface area contributed by atoms with Crippen LogP contribution in [0.1, 0.15) is 13.3 Å². The molecular formula is C20H24N4O4. The number of nitrogens with one attached hydrogen (secondary N) is 1. The predicted octanol–water partition coefficient (Wildman–Crippen LogP) is 2.67. The normalized spacial score (nSPS) is 16.2. The van der Waals surface area contributed by atoms with E-state index in [-0.39, 0.29) is 0 Å². The van der Waals surface area contributed by atoms with Crippen molar-refractivity contribution in [1.82, 2.24) is 19.9 Å². The first-order valence-corrected chi connectivity index (χ1v) is 9.16. The molecule has 1 atom stereocenters. The maximum Gasteiger partial charge on any atom is 0.300 e. The Morgan fingerprint density at radius 3 is 2.86 bits per heavy atom. The SMILES string of the molecule is CC(=O)O.c1ccc(-c2nc(-c3nccn3CCC3COCCN3)co2)cc1. The zero-order valence-corrected chi connectivity index (χ0v) is 15.7. The molecule has 0 bridgehead atoms. The summed E-state index contributed by atoms with van der Waals surface area (Å²) in [5.74, 6) is 0.611. The molecule has 8 nitrogen and oxygen atoms in total. The molecule has 148 valence electrons. The van der Waals surface area contributed by atoms with Gasteiger partial charge in [-0.1, -0.05) is 18.2 Å². The Hall–Kier alpha value is -2.97. The Balaban J connectivity index is 0.000000516. The smallest absolute Gasteiger partial charge is 0.300 e. The molecular weight excluding hydrogens is 360 g/mol. The third-order valence-corrected chi connectivity index (χ3v) is 4.19. The zero-order chi connectivity index (χ0) is 19.8. The number of hydrogen-bond donors (Lipinski definition) is 2. The molecule has 0 radical (unpaired) electrons. The monoisotopic (exact) mass is 384 g/mol. The Morgan fingerprint density at radius 2 is 2.14 bits per heavy atom. The van der Waals surface area contributed by atoms with Crippen LogP contribution >= 0.6 is 0 Å². The van der Waals surface area contributed by atoms with E-state index in [1.54, 1.807) is 12.5 Å². The van der Waals surface area contributed by atoms with E-state index in [0.717, 1.165) is 56.7 Å². The van der Waals surface area contributed by atoms with Crippen molar-refractivity contribution >= 4 is 5.97 Å². The summed E-state index contributed by atoms with van der Waals surface area (Å²) in [6.45, 7) is 4.44. The molecule has 2 aromatic heterocycles. The van der Waals surface area contributed by atoms with E-state index in [0.29, 0.717) is 11.9 Å². The van der Waals surface area contributed by atoms with Crippen LogP contribution in [0.4, 0.5) is 0 Å². The summed E-state index contributed by atoms with van der Waals surface area (Å²) in [5.41, 5.74) is 1.72. The van der Waals surface area contributed by atoms with Crippen molar-refractivity contribution in [3.8, 4) is 23.0 Å². The second kappa shape index (κ2) is 9.82. The first-order chi connectivity index (χ1) is 13.6. The van der Waals surface area contributed by atoms with Gasteiger partial charge in [-0.05, 0) is 18.6 Å². The quantitative estimate of drug-likeness (QED) is 0.697. The van der Waals surface area contributed by atoms with Crippen molar-refractivity contribution in [1.29, 1.82) is 0 Å². The van der Waals surface area contributed by atoms with Crippen LogP contribution in [0.3, 0.4) is 0 Å². The van der Waals surface area contributed by atoms with Crippen LogP contribution in [0.2, 0.25) is 0 Å². The number of carboxylic acid groups (broad SMARTS) is 1. The number of oxazole rings is 1. The predicted molar refractivity (Wildman–Crippen MR) is 104 cm³/mol. The van der Waals surface area contributed by atoms with Gasteiger partial charge in [0, 0.05) is 44.0 Å². The molecule has 3 heterocycles. The topological polar surface area (TPSA) is 102 Å². The number of carbonyl (C=O) groups is 1. The highest BCUT2D eigenvalue weighted by Crippen LogP contribution is 2.23. The van der Waals surface area contributed by atoms with E-state index in [9.17, 15) is 0 Å². The largest absolute Gasteiger partial charge is 0.481 e. The molecule has 1 saturated heterocycles. The fourth-order valence-electron chi connectivity index (χ4n) is 2.91. The first kappa shape index (κ1) is 19.8. The van der Waals surface area contributed by atoms with Crippen molar-refractivity contribution in [2.24, 2.45) is 0 Å². The van der Waals surface area contributed by atoms with Crippen LogP contribution in [0.25, 0.3) is 23.0 Å². The van der Waals surface area contributed by atoms with Crippen LogP contribution in [-0.2, 0) is 16.1 Å². The van der Waals surface area contributed by atoms with Gasteiger partial charge in [-0.3, -0.25) is 4.79 Å². The van der Waals surface area contributed by atoms with E-state index in [2.05, 4.69) is 19.9 Å². The van der Waals surface area contributed by atoms with Crippen molar-refractivity contribution in [3.05, 3.63) is 49.0 Å². The number of benzene rings is 1. The lowest BCUT2D eigenvalue weighted by molar-refractivity contribution is -0.134. The minimum Gasteiger partial charge on any atom is -0.481 e. The second-order valence-electron chi connectivity index (χ2n) is 6.38. The summed E-state index contributed by atoms with van der Waals surface area (Å²) < 4.78 is 13.2. The molecule has 1 aliphatic rings. The minimum absolute atomic E-state index is 0.395. The molecule has 1 aliphatic heterocycles. The standard InChI is InChI=1S/C18H20N4O2.C2H4O2/c1-2-4-14(5-3-1)18-21-16(13-24-18)17-20-7-10-22(17)9-6-15-12-23-11-8-19-15;1-2(3)4/h1-5,7,10,13,15,19H,6,8-9,11-12H2;1H3,(H,3,4). The number of aromatic nitrogens is 3. The summed E-state index contributed by atoms with van der Waals surface area (Å²) in [4.78, 5) is 18.0. The van der Waals surface area contributed by atoms with Gasteiger partial charge in [0.25, 0.3) is 5.97 Å². The van der Waals surface area contributed by atoms with E-state index in [1.807, 2.05) is 36.5 Å². The Kier molecular flexibility index (Phi) is 6.94. The Morgan fingerprint density at radius 1 is 1.36 bits per heavy atom. The van der Waals surface area contributed by atoms with Gasteiger partial charge in [-0.2, -0.15) is 0 Å². The van der Waals surface area contributed by atoms with Crippen LogP contribution in [0.5, 0.6) is 0 Å². The third-order valence-electron chi connectivity index (χ3n) is 4.19. The molecule has 1 aromatic carbocycles. The highest BCUT2D eigenvalue weighted by Gasteiger charge is 2.16. The van der Waals surface area contributed by atoms with E-state index in [4.69, 9.17) is 19.1 Å². The molecule has 8 heteroatoms. The maximum absolute atomic E-state index is 9.00. The Labute approximate surface area is 163 Å². The average molecular weight is 384 g/mol. The summed E-state index contributed by atoms with van der Waals surface area (Å²) in [6.07, 6.45) is 6.45. The average Bonchev–Trinajstić information content (AvgIpc) is 3.37. The van der Waals surface area contributed by atoms with Gasteiger partial charge in [0.15, 0.2) is 5.82 Å². The number of ether oxygens (including phenoxy) is 1. The van der Waals surface area contributed by atoms with Crippen molar-refractivity contribution in [2.75, 3.05) is 19.8 Å². The number of aliphatic carboxylic acids is 1. The first-order valence-electron chi connectivity index (χ1n) is 9.16. The van der Waals surface area contributed by atoms with Crippen LogP contribution in [-0.4, -0.2) is 51.4 Å². The molecule has 28 heavy (non-hydrogen) atoms. The molecule has 1 fully saturated rings. The Bertz CT molecular complexity index is 865. The van der Waals surface area contributed by atoms with Gasteiger partial charge < -0.3 is 24.1 Å². The number of rotatable bonds is 5. The lowest BCUT2D eigenvalue weighted by atomic mass is 10.2. The summed E-state index contributed by atoms with van der Waals surface area (Å²) in [5, 5.41) is 10.9. The van der Waals surface area contributed by atoms with Crippen molar-refractivity contribution < 1.29 is 19.1 Å². The molecule has 3 aromatic rings. The molecule has 4 rings (SSSR count). The van der Waals surface area contributed by atoms with E-state index < -0.39 is 5.97 Å². The van der Waals surface area contributed by atoms with E-state index >= 15 is 0 Å². The highest BCUT2D eigenvalue weighted by molar-refractivity contribution is 5.63. The number of carboxylic acids is 1. The zero-order valence-electron chi connectivity index (χ0n) is 15.7. The van der Waals surface area contributed by atoms with Gasteiger partial charge in [0.1, 0.15) is 12.0 Å². The number of aryl methyl sites for hydroxylation is 1. The fourth-order valence-corrected chi connectivity index (χ4v) is 2.91. The molecule has 0 spiro atoms. The molecule has 0 saturated carbocycles. The number of nitrogens with zero attached hydrogens (tertiary/aromatic N) is 3. The second-order valence-corrected chi connectivity index (χ2v) is 6.38. The molecule has 0 aliphatic carbocycles. The fraction of sp³-hybridized carbons (Fsp3) is 0.350. The van der Waals surface area contributed by atoms with Crippen molar-refractivity contribution in [2.45, 2.75) is 25.9 Å². The summed E-state index contributed by atoms with van der Waals surface area (Å²) in [6, 6.07) is 10.3. The molecule has 2 N–H and O–H groups in total. The number of hydrogen-bond acceptors (Lipinski definition) is 6. The van der Waals surface area contributed by atoms with E-state index in [1.165, 1.54) is 0 Å². The van der Waals surface area contributed by atoms with Gasteiger partial charge in [-0.25, -0.2) is 9.97 Å². The molecule has 0 amide bonds. The van der Waals surface area contributed by atoms with Crippen LogP contribution in [0, 0.1) is 0 Å². The number of morpholine rings is 1. The van der Waals surface area contributed by atoms with Crippen LogP contribution < -0.4 is 5.32 Å². The van der Waals surface area contributed by atoms with Crippen molar-refractivity contribution in [3.63, 3.8) is 0 Å². The molecule has 1 unspecified atom stereocenters. The highest BCUT2D eigenvalue weighted by atomic mass is 16.5. The van der Waals surface area contributed by atoms with Gasteiger partial charge in [-0.15, -0.1) is 0 Å². The third kappa shape index (κ3) is 5.51. The minimum atomic E-state index is -0.833. The lowest BCUT2D eigenvalue weighted by Gasteiger charge is -2.24. The van der Waals surface area contributed by atoms with Gasteiger partial charge >= 0.3 is 0 Å². The lowest BCUT2D eigenvalue weighted by Crippen LogP contribution is -2.41. The summed E-state index contributed by atoms with van der Waals surface area (Å²) >= 11 is 0. The van der Waals surface area contributed by atoms with Crippen LogP contribution in [0.15, 0.2) is 53.4 Å². The van der Waals surface area contributed by atoms with Gasteiger partial charge in [0.05, 0.1) is 13.2 Å². The number of imidazole rings is 1. The summed E-state index contributed by atoms with van der Waals surface area (Å²) in [7, 11) is 0. The maximum atomic E-state index is 9.00.